The van der Waals surface area contributed by atoms with E-state index >= 15 is 0 Å². The van der Waals surface area contributed by atoms with Gasteiger partial charge in [-0.2, -0.15) is 0 Å². The first-order valence-electron chi connectivity index (χ1n) is 3.28. The predicted molar refractivity (Wildman–Crippen MR) is 38.8 cm³/mol. The summed E-state index contributed by atoms with van der Waals surface area (Å²) < 4.78 is 5.04. The summed E-state index contributed by atoms with van der Waals surface area (Å²) in [6, 6.07) is 0. The molecule has 60 valence electrons. The van der Waals surface area contributed by atoms with E-state index in [4.69, 9.17) is 4.74 Å². The van der Waals surface area contributed by atoms with Crippen LogP contribution >= 0.6 is 0 Å². The Bertz CT molecular complexity index is 78.1. The van der Waals surface area contributed by atoms with Gasteiger partial charge in [-0.3, -0.25) is 5.32 Å². The molecule has 0 aromatic rings. The van der Waals surface area contributed by atoms with E-state index in [0.717, 1.165) is 12.8 Å². The maximum Gasteiger partial charge on any atom is 0.133 e. The van der Waals surface area contributed by atoms with Crippen LogP contribution < -0.4 is 10.6 Å². The standard InChI is InChI=1S/C6H14N2O2/c1-7-3-5-10-6-8-2-4-9/h4,7-8H,2-3,5-6H2,1H3. The second-order valence-corrected chi connectivity index (χ2v) is 1.78. The summed E-state index contributed by atoms with van der Waals surface area (Å²) in [5.41, 5.74) is 0. The smallest absolute Gasteiger partial charge is 0.133 e. The molecule has 0 unspecified atom stereocenters. The van der Waals surface area contributed by atoms with E-state index in [-0.39, 0.29) is 0 Å². The highest BCUT2D eigenvalue weighted by Gasteiger charge is 1.83. The summed E-state index contributed by atoms with van der Waals surface area (Å²) in [5, 5.41) is 5.71. The van der Waals surface area contributed by atoms with Crippen molar-refractivity contribution in [2.45, 2.75) is 0 Å². The zero-order valence-corrected chi connectivity index (χ0v) is 6.22. The van der Waals surface area contributed by atoms with Gasteiger partial charge in [0.15, 0.2) is 0 Å². The first kappa shape index (κ1) is 9.55. The van der Waals surface area contributed by atoms with Crippen LogP contribution in [0.3, 0.4) is 0 Å². The highest BCUT2D eigenvalue weighted by atomic mass is 16.5. The van der Waals surface area contributed by atoms with Crippen LogP contribution in [-0.2, 0) is 9.53 Å². The molecule has 0 radical (unpaired) electrons. The average Bonchev–Trinajstić information content (AvgIpc) is 1.97. The number of ether oxygens (including phenoxy) is 1. The summed E-state index contributed by atoms with van der Waals surface area (Å²) in [5.74, 6) is 0. The molecule has 4 nitrogen and oxygen atoms in total. The third-order valence-corrected chi connectivity index (χ3v) is 0.928. The van der Waals surface area contributed by atoms with Crippen LogP contribution in [0.5, 0.6) is 0 Å². The topological polar surface area (TPSA) is 50.4 Å². The van der Waals surface area contributed by atoms with Crippen molar-refractivity contribution in [3.8, 4) is 0 Å². The lowest BCUT2D eigenvalue weighted by molar-refractivity contribution is -0.107. The Balaban J connectivity index is 2.70. The lowest BCUT2D eigenvalue weighted by Crippen LogP contribution is -2.23. The summed E-state index contributed by atoms with van der Waals surface area (Å²) in [6.45, 7) is 2.31. The third-order valence-electron chi connectivity index (χ3n) is 0.928. The minimum Gasteiger partial charge on any atom is -0.365 e. The number of hydrogen-bond acceptors (Lipinski definition) is 4. The van der Waals surface area contributed by atoms with E-state index in [2.05, 4.69) is 10.6 Å². The fourth-order valence-corrected chi connectivity index (χ4v) is 0.436. The maximum atomic E-state index is 9.76. The average molecular weight is 146 g/mol. The quantitative estimate of drug-likeness (QED) is 0.274. The Hall–Kier alpha value is -0.450. The highest BCUT2D eigenvalue weighted by Crippen LogP contribution is 1.66. The van der Waals surface area contributed by atoms with Gasteiger partial charge in [-0.05, 0) is 7.05 Å². The van der Waals surface area contributed by atoms with Gasteiger partial charge in [-0.25, -0.2) is 0 Å². The normalized spacial score (nSPS) is 9.70. The number of nitrogens with one attached hydrogen (secondary N) is 2. The van der Waals surface area contributed by atoms with Crippen LogP contribution in [0.15, 0.2) is 0 Å². The second-order valence-electron chi connectivity index (χ2n) is 1.78. The Labute approximate surface area is 60.9 Å². The van der Waals surface area contributed by atoms with Gasteiger partial charge in [0.05, 0.1) is 19.9 Å². The Morgan fingerprint density at radius 3 is 3.00 bits per heavy atom. The molecular formula is C6H14N2O2. The monoisotopic (exact) mass is 146 g/mol. The summed E-state index contributed by atoms with van der Waals surface area (Å²) in [7, 11) is 1.86. The lowest BCUT2D eigenvalue weighted by atomic mass is 10.7. The fraction of sp³-hybridized carbons (Fsp3) is 0.833. The van der Waals surface area contributed by atoms with E-state index in [1.165, 1.54) is 0 Å². The Morgan fingerprint density at radius 2 is 2.40 bits per heavy atom. The van der Waals surface area contributed by atoms with Gasteiger partial charge >= 0.3 is 0 Å². The molecular weight excluding hydrogens is 132 g/mol. The van der Waals surface area contributed by atoms with Gasteiger partial charge in [-0.15, -0.1) is 0 Å². The zero-order valence-electron chi connectivity index (χ0n) is 6.22. The lowest BCUT2D eigenvalue weighted by Gasteiger charge is -2.01. The molecule has 0 bridgehead atoms. The molecule has 0 aliphatic heterocycles. The number of rotatable bonds is 7. The molecule has 0 saturated heterocycles. The Kier molecular flexibility index (Phi) is 8.17. The summed E-state index contributed by atoms with van der Waals surface area (Å²) in [4.78, 5) is 9.76. The molecule has 0 fully saturated rings. The SMILES string of the molecule is CNCCOCNCC=O. The number of carbonyl (C=O) groups excluding carboxylic acids is 1. The number of aldehydes is 1. The predicted octanol–water partition coefficient (Wildman–Crippen LogP) is -1.03. The second kappa shape index (κ2) is 8.55. The summed E-state index contributed by atoms with van der Waals surface area (Å²) >= 11 is 0. The molecule has 4 heteroatoms. The molecule has 0 aliphatic carbocycles. The largest absolute Gasteiger partial charge is 0.365 e. The van der Waals surface area contributed by atoms with Crippen LogP contribution in [0.25, 0.3) is 0 Å². The van der Waals surface area contributed by atoms with Gasteiger partial charge < -0.3 is 14.8 Å². The highest BCUT2D eigenvalue weighted by molar-refractivity contribution is 5.51. The molecule has 0 aromatic heterocycles. The van der Waals surface area contributed by atoms with Crippen molar-refractivity contribution in [3.63, 3.8) is 0 Å². The van der Waals surface area contributed by atoms with E-state index in [1.807, 2.05) is 7.05 Å². The maximum absolute atomic E-state index is 9.76. The first-order valence-corrected chi connectivity index (χ1v) is 3.28. The van der Waals surface area contributed by atoms with Crippen LogP contribution in [0, 0.1) is 0 Å². The Morgan fingerprint density at radius 1 is 1.60 bits per heavy atom. The molecule has 0 spiro atoms. The van der Waals surface area contributed by atoms with Crippen molar-refractivity contribution < 1.29 is 9.53 Å². The van der Waals surface area contributed by atoms with Crippen molar-refractivity contribution in [1.82, 2.24) is 10.6 Å². The molecule has 0 aromatic carbocycles. The van der Waals surface area contributed by atoms with Crippen molar-refractivity contribution in [2.75, 3.05) is 33.5 Å². The molecule has 2 N–H and O–H groups in total. The fourth-order valence-electron chi connectivity index (χ4n) is 0.436. The molecule has 10 heavy (non-hydrogen) atoms. The summed E-state index contributed by atoms with van der Waals surface area (Å²) in [6.07, 6.45) is 0.807. The minimum atomic E-state index is 0.361. The van der Waals surface area contributed by atoms with Crippen LogP contribution in [0.1, 0.15) is 0 Å². The molecule has 0 aliphatic rings. The third kappa shape index (κ3) is 7.55. The molecule has 0 amide bonds. The van der Waals surface area contributed by atoms with Gasteiger partial charge in [0.1, 0.15) is 6.29 Å². The van der Waals surface area contributed by atoms with Crippen molar-refractivity contribution in [3.05, 3.63) is 0 Å². The van der Waals surface area contributed by atoms with Gasteiger partial charge in [0.25, 0.3) is 0 Å². The molecule has 0 rings (SSSR count). The van der Waals surface area contributed by atoms with E-state index in [1.54, 1.807) is 0 Å². The van der Waals surface area contributed by atoms with Crippen LogP contribution in [0.4, 0.5) is 0 Å². The number of likely N-dealkylation sites (N-methyl/N-ethyl adjacent to an activating group) is 1. The van der Waals surface area contributed by atoms with Crippen molar-refractivity contribution in [2.24, 2.45) is 0 Å². The van der Waals surface area contributed by atoms with E-state index in [9.17, 15) is 4.79 Å². The number of carbonyl (C=O) groups is 1. The molecule has 0 saturated carbocycles. The van der Waals surface area contributed by atoms with Crippen molar-refractivity contribution >= 4 is 6.29 Å². The van der Waals surface area contributed by atoms with Gasteiger partial charge in [-0.1, -0.05) is 0 Å². The van der Waals surface area contributed by atoms with Crippen LogP contribution in [-0.4, -0.2) is 39.8 Å². The molecule has 0 heterocycles. The van der Waals surface area contributed by atoms with E-state index in [0.29, 0.717) is 19.9 Å². The van der Waals surface area contributed by atoms with Crippen molar-refractivity contribution in [1.29, 1.82) is 0 Å². The minimum absolute atomic E-state index is 0.361. The van der Waals surface area contributed by atoms with Gasteiger partial charge in [0.2, 0.25) is 0 Å². The molecule has 0 atom stereocenters. The first-order chi connectivity index (χ1) is 4.91. The zero-order chi connectivity index (χ0) is 7.66. The number of hydrogen-bond donors (Lipinski definition) is 2. The van der Waals surface area contributed by atoms with Gasteiger partial charge in [0, 0.05) is 6.54 Å². The van der Waals surface area contributed by atoms with E-state index < -0.39 is 0 Å². The van der Waals surface area contributed by atoms with Crippen LogP contribution in [0.2, 0.25) is 0 Å².